The molecule has 0 rings (SSSR count). The van der Waals surface area contributed by atoms with E-state index in [4.69, 9.17) is 37.0 Å². The number of phosphoric ester groups is 2. The highest BCUT2D eigenvalue weighted by Gasteiger charge is 2.30. The van der Waals surface area contributed by atoms with Crippen molar-refractivity contribution in [2.45, 2.75) is 291 Å². The second-order valence-corrected chi connectivity index (χ2v) is 24.3. The summed E-state index contributed by atoms with van der Waals surface area (Å²) >= 11 is 0. The van der Waals surface area contributed by atoms with E-state index < -0.39 is 97.5 Å². The van der Waals surface area contributed by atoms with Gasteiger partial charge in [-0.2, -0.15) is 0 Å². The summed E-state index contributed by atoms with van der Waals surface area (Å²) in [6, 6.07) is 0. The SMILES string of the molecule is CCCCCCCC(=O)OC[C@H](COP(=O)(O)OC[C@H](O)COP(=O)(O)OC[C@@H](COC(=O)CCCCCCCCC(C)CC)OC(=O)CCCCCCCCCCCCCCCC(C)C)OC(=O)CCCCCCC. The Morgan fingerprint density at radius 2 is 0.671 bits per heavy atom. The third-order valence-corrected chi connectivity index (χ3v) is 15.2. The molecule has 0 saturated heterocycles. The van der Waals surface area contributed by atoms with E-state index in [1.165, 1.54) is 77.0 Å². The summed E-state index contributed by atoms with van der Waals surface area (Å²) in [6.07, 6.45) is 30.2. The van der Waals surface area contributed by atoms with E-state index in [1.807, 2.05) is 0 Å². The molecular weight excluding hydrogens is 1020 g/mol. The minimum Gasteiger partial charge on any atom is -0.462 e. The first kappa shape index (κ1) is 74.1. The number of carbonyl (C=O) groups excluding carboxylic acids is 4. The van der Waals surface area contributed by atoms with Gasteiger partial charge in [-0.05, 0) is 37.5 Å². The summed E-state index contributed by atoms with van der Waals surface area (Å²) in [5, 5.41) is 10.4. The molecule has 0 heterocycles. The molecule has 3 unspecified atom stereocenters. The van der Waals surface area contributed by atoms with Crippen molar-refractivity contribution < 1.29 is 80.2 Å². The van der Waals surface area contributed by atoms with E-state index in [-0.39, 0.29) is 25.7 Å². The Morgan fingerprint density at radius 3 is 1.00 bits per heavy atom. The first-order chi connectivity index (χ1) is 36.4. The van der Waals surface area contributed by atoms with E-state index in [0.29, 0.717) is 25.7 Å². The molecule has 0 radical (unpaired) electrons. The Balaban J connectivity index is 5.12. The lowest BCUT2D eigenvalue weighted by molar-refractivity contribution is -0.161. The fourth-order valence-electron chi connectivity index (χ4n) is 8.26. The molecule has 0 aromatic carbocycles. The Hall–Kier alpha value is -1.94. The van der Waals surface area contributed by atoms with Gasteiger partial charge in [-0.3, -0.25) is 37.3 Å². The van der Waals surface area contributed by atoms with E-state index in [1.54, 1.807) is 0 Å². The molecule has 0 saturated carbocycles. The quantitative estimate of drug-likeness (QED) is 0.0222. The standard InChI is InChI=1S/C57H110O17P2/c1-7-10-12-25-33-39-54(59)67-45-52(73-56(61)41-35-26-13-11-8-2)47-71-75(63,64)69-43-51(58)44-70-76(65,66)72-48-53(46-68-55(60)40-34-29-24-23-28-32-38-50(6)9-3)74-57(62)42-36-30-22-20-18-16-14-15-17-19-21-27-31-37-49(4)5/h49-53,58H,7-48H2,1-6H3,(H,63,64)(H,65,66)/t50?,51-,52+,53+/m0/s1. The fraction of sp³-hybridized carbons (Fsp3) is 0.930. The lowest BCUT2D eigenvalue weighted by Gasteiger charge is -2.21. The van der Waals surface area contributed by atoms with Gasteiger partial charge in [0.15, 0.2) is 12.2 Å². The second-order valence-electron chi connectivity index (χ2n) is 21.4. The molecule has 0 amide bonds. The Bertz CT molecular complexity index is 1520. The number of unbranched alkanes of at least 4 members (excludes halogenated alkanes) is 25. The smallest absolute Gasteiger partial charge is 0.462 e. The lowest BCUT2D eigenvalue weighted by Crippen LogP contribution is -2.30. The van der Waals surface area contributed by atoms with Crippen LogP contribution < -0.4 is 0 Å². The van der Waals surface area contributed by atoms with Crippen molar-refractivity contribution in [2.24, 2.45) is 11.8 Å². The maximum Gasteiger partial charge on any atom is 0.472 e. The van der Waals surface area contributed by atoms with E-state index in [2.05, 4.69) is 41.5 Å². The number of hydrogen-bond acceptors (Lipinski definition) is 15. The Labute approximate surface area is 460 Å². The van der Waals surface area contributed by atoms with Crippen LogP contribution in [0.1, 0.15) is 273 Å². The minimum atomic E-state index is -4.93. The van der Waals surface area contributed by atoms with Crippen LogP contribution in [-0.2, 0) is 65.4 Å². The zero-order valence-corrected chi connectivity index (χ0v) is 50.3. The van der Waals surface area contributed by atoms with Crippen molar-refractivity contribution in [1.82, 2.24) is 0 Å². The largest absolute Gasteiger partial charge is 0.472 e. The first-order valence-electron chi connectivity index (χ1n) is 30.0. The summed E-state index contributed by atoms with van der Waals surface area (Å²) in [4.78, 5) is 71.4. The van der Waals surface area contributed by atoms with Gasteiger partial charge in [-0.25, -0.2) is 9.13 Å². The molecule has 0 aliphatic heterocycles. The molecule has 450 valence electrons. The van der Waals surface area contributed by atoms with Crippen LogP contribution in [0.3, 0.4) is 0 Å². The van der Waals surface area contributed by atoms with Gasteiger partial charge >= 0.3 is 39.5 Å². The first-order valence-corrected chi connectivity index (χ1v) is 33.0. The van der Waals surface area contributed by atoms with Crippen molar-refractivity contribution in [3.8, 4) is 0 Å². The molecule has 6 atom stereocenters. The van der Waals surface area contributed by atoms with Crippen LogP contribution in [0.2, 0.25) is 0 Å². The average molecular weight is 1130 g/mol. The van der Waals surface area contributed by atoms with Gasteiger partial charge in [0.05, 0.1) is 26.4 Å². The van der Waals surface area contributed by atoms with Crippen LogP contribution in [0.5, 0.6) is 0 Å². The molecule has 0 aromatic rings. The molecule has 0 fully saturated rings. The average Bonchev–Trinajstić information content (AvgIpc) is 3.38. The fourth-order valence-corrected chi connectivity index (χ4v) is 9.84. The highest BCUT2D eigenvalue weighted by Crippen LogP contribution is 2.45. The summed E-state index contributed by atoms with van der Waals surface area (Å²) in [5.74, 6) is -0.650. The number of esters is 4. The highest BCUT2D eigenvalue weighted by atomic mass is 31.2. The predicted molar refractivity (Wildman–Crippen MR) is 298 cm³/mol. The van der Waals surface area contributed by atoms with Crippen molar-refractivity contribution >= 4 is 39.5 Å². The van der Waals surface area contributed by atoms with Gasteiger partial charge in [0.1, 0.15) is 19.3 Å². The molecule has 0 aliphatic carbocycles. The van der Waals surface area contributed by atoms with Crippen LogP contribution in [0.25, 0.3) is 0 Å². The summed E-state index contributed by atoms with van der Waals surface area (Å²) in [6.45, 7) is 9.23. The summed E-state index contributed by atoms with van der Waals surface area (Å²) < 4.78 is 67.3. The molecule has 0 aliphatic rings. The molecule has 3 N–H and O–H groups in total. The van der Waals surface area contributed by atoms with Crippen LogP contribution in [0.4, 0.5) is 0 Å². The van der Waals surface area contributed by atoms with Crippen LogP contribution in [-0.4, -0.2) is 96.7 Å². The van der Waals surface area contributed by atoms with Crippen molar-refractivity contribution in [3.05, 3.63) is 0 Å². The molecule has 0 spiro atoms. The van der Waals surface area contributed by atoms with Gasteiger partial charge in [0.25, 0.3) is 0 Å². The summed E-state index contributed by atoms with van der Waals surface area (Å²) in [5.41, 5.74) is 0. The third kappa shape index (κ3) is 50.3. The highest BCUT2D eigenvalue weighted by molar-refractivity contribution is 7.47. The van der Waals surface area contributed by atoms with E-state index >= 15 is 0 Å². The number of hydrogen-bond donors (Lipinski definition) is 3. The molecule has 17 nitrogen and oxygen atoms in total. The second kappa shape index (κ2) is 50.1. The molecule has 19 heteroatoms. The zero-order chi connectivity index (χ0) is 56.6. The van der Waals surface area contributed by atoms with Crippen LogP contribution in [0, 0.1) is 11.8 Å². The predicted octanol–water partition coefficient (Wildman–Crippen LogP) is 14.9. The maximum atomic E-state index is 12.9. The molecular formula is C57H110O17P2. The van der Waals surface area contributed by atoms with Crippen LogP contribution >= 0.6 is 15.6 Å². The lowest BCUT2D eigenvalue weighted by atomic mass is 10.00. The topological polar surface area (TPSA) is 237 Å². The van der Waals surface area contributed by atoms with Gasteiger partial charge in [0, 0.05) is 25.7 Å². The molecule has 76 heavy (non-hydrogen) atoms. The van der Waals surface area contributed by atoms with E-state index in [0.717, 1.165) is 115 Å². The van der Waals surface area contributed by atoms with E-state index in [9.17, 15) is 43.2 Å². The van der Waals surface area contributed by atoms with Crippen molar-refractivity contribution in [3.63, 3.8) is 0 Å². The maximum absolute atomic E-state index is 12.9. The van der Waals surface area contributed by atoms with Crippen LogP contribution in [0.15, 0.2) is 0 Å². The Morgan fingerprint density at radius 1 is 0.382 bits per heavy atom. The van der Waals surface area contributed by atoms with Crippen molar-refractivity contribution in [2.75, 3.05) is 39.6 Å². The van der Waals surface area contributed by atoms with Gasteiger partial charge in [-0.15, -0.1) is 0 Å². The number of aliphatic hydroxyl groups is 1. The third-order valence-electron chi connectivity index (χ3n) is 13.3. The minimum absolute atomic E-state index is 0.0983. The number of carbonyl (C=O) groups is 4. The monoisotopic (exact) mass is 1130 g/mol. The Kier molecular flexibility index (Phi) is 48.8. The zero-order valence-electron chi connectivity index (χ0n) is 48.5. The summed E-state index contributed by atoms with van der Waals surface area (Å²) in [7, 11) is -9.85. The van der Waals surface area contributed by atoms with Gasteiger partial charge in [-0.1, -0.05) is 221 Å². The van der Waals surface area contributed by atoms with Crippen molar-refractivity contribution in [1.29, 1.82) is 0 Å². The normalized spacial score (nSPS) is 14.9. The van der Waals surface area contributed by atoms with Gasteiger partial charge in [0.2, 0.25) is 0 Å². The van der Waals surface area contributed by atoms with Gasteiger partial charge < -0.3 is 33.8 Å². The molecule has 0 bridgehead atoms. The number of rotatable bonds is 56. The number of ether oxygens (including phenoxy) is 4. The molecule has 0 aromatic heterocycles. The number of aliphatic hydroxyl groups excluding tert-OH is 1. The number of phosphoric acid groups is 2.